The van der Waals surface area contributed by atoms with E-state index in [2.05, 4.69) is 15.2 Å². The van der Waals surface area contributed by atoms with E-state index in [1.54, 1.807) is 13.3 Å². The maximum absolute atomic E-state index is 13.4. The van der Waals surface area contributed by atoms with Gasteiger partial charge in [0, 0.05) is 48.6 Å². The van der Waals surface area contributed by atoms with Crippen LogP contribution >= 0.6 is 11.6 Å². The number of methoxy groups -OCH3 is 1. The normalized spacial score (nSPS) is 16.7. The molecule has 0 aliphatic carbocycles. The van der Waals surface area contributed by atoms with Crippen molar-refractivity contribution in [1.29, 1.82) is 0 Å². The molecule has 2 aromatic carbocycles. The lowest BCUT2D eigenvalue weighted by Crippen LogP contribution is -2.43. The molecule has 0 amide bonds. The summed E-state index contributed by atoms with van der Waals surface area (Å²) in [4.78, 5) is 6.62. The smallest absolute Gasteiger partial charge is 0.128 e. The number of hydrogen-bond acceptors (Lipinski definition) is 6. The minimum Gasteiger partial charge on any atom is -0.497 e. The fourth-order valence-electron chi connectivity index (χ4n) is 4.97. The number of nitrogens with zero attached hydrogens (tertiary/aromatic N) is 2. The highest BCUT2D eigenvalue weighted by Gasteiger charge is 2.34. The number of aromatic nitrogens is 1. The minimum atomic E-state index is -0.799. The molecule has 6 nitrogen and oxygen atoms in total. The van der Waals surface area contributed by atoms with Crippen molar-refractivity contribution >= 4 is 28.2 Å². The fraction of sp³-hybridized carbons (Fsp3) is 0.444. The third kappa shape index (κ3) is 6.24. The zero-order valence-corrected chi connectivity index (χ0v) is 21.1. The molecule has 1 fully saturated rings. The first-order valence-corrected chi connectivity index (χ1v) is 12.5. The number of piperidine rings is 1. The van der Waals surface area contributed by atoms with Gasteiger partial charge in [0.1, 0.15) is 17.4 Å². The van der Waals surface area contributed by atoms with Crippen molar-refractivity contribution in [3.8, 4) is 5.75 Å². The Morgan fingerprint density at radius 1 is 1.17 bits per heavy atom. The number of ether oxygens (including phenoxy) is 1. The number of nitrogens with one attached hydrogen (secondary N) is 1. The van der Waals surface area contributed by atoms with Gasteiger partial charge in [-0.1, -0.05) is 11.6 Å². The van der Waals surface area contributed by atoms with E-state index in [9.17, 15) is 19.0 Å². The van der Waals surface area contributed by atoms with Gasteiger partial charge in [-0.3, -0.25) is 4.98 Å². The summed E-state index contributed by atoms with van der Waals surface area (Å²) in [5.74, 6) is -0.549. The number of anilines is 1. The predicted octanol–water partition coefficient (Wildman–Crippen LogP) is 5.18. The van der Waals surface area contributed by atoms with Crippen LogP contribution in [0.2, 0.25) is 5.02 Å². The topological polar surface area (TPSA) is 77.8 Å². The van der Waals surface area contributed by atoms with E-state index in [1.165, 1.54) is 12.1 Å². The molecule has 1 unspecified atom stereocenters. The van der Waals surface area contributed by atoms with Crippen molar-refractivity contribution in [2.45, 2.75) is 31.8 Å². The van der Waals surface area contributed by atoms with Crippen molar-refractivity contribution < 1.29 is 23.7 Å². The Morgan fingerprint density at radius 2 is 1.89 bits per heavy atom. The second kappa shape index (κ2) is 11.7. The highest BCUT2D eigenvalue weighted by molar-refractivity contribution is 6.32. The average molecular weight is 520 g/mol. The summed E-state index contributed by atoms with van der Waals surface area (Å²) >= 11 is 6.45. The lowest BCUT2D eigenvalue weighted by molar-refractivity contribution is 0.0248. The first kappa shape index (κ1) is 26.5. The molecular weight excluding hydrogens is 488 g/mol. The molecule has 3 N–H and O–H groups in total. The molecule has 1 aliphatic rings. The molecule has 3 aromatic rings. The Balaban J connectivity index is 1.33. The standard InChI is InChI=1S/C27H32ClF2N3O3/c1-36-21-2-3-24-22(15-21)26(23(28)16-32-24)25(35)4-5-27(17-34)6-9-33(10-7-27)11-8-31-20-13-18(29)12-19(30)14-20/h2-3,12-16,25,31,34-35H,4-11,17H2,1H3. The van der Waals surface area contributed by atoms with Crippen LogP contribution in [0.25, 0.3) is 10.9 Å². The first-order chi connectivity index (χ1) is 17.3. The Hall–Kier alpha value is -2.52. The van der Waals surface area contributed by atoms with Gasteiger partial charge in [-0.05, 0) is 74.5 Å². The Kier molecular flexibility index (Phi) is 8.62. The van der Waals surface area contributed by atoms with Crippen molar-refractivity contribution in [3.05, 3.63) is 64.8 Å². The number of likely N-dealkylation sites (tertiary alicyclic amines) is 1. The van der Waals surface area contributed by atoms with Crippen LogP contribution < -0.4 is 10.1 Å². The van der Waals surface area contributed by atoms with Crippen LogP contribution in [-0.2, 0) is 0 Å². The molecule has 9 heteroatoms. The largest absolute Gasteiger partial charge is 0.497 e. The fourth-order valence-corrected chi connectivity index (χ4v) is 5.25. The van der Waals surface area contributed by atoms with Gasteiger partial charge in [0.15, 0.2) is 0 Å². The Labute approximate surface area is 214 Å². The predicted molar refractivity (Wildman–Crippen MR) is 138 cm³/mol. The van der Waals surface area contributed by atoms with Crippen LogP contribution in [0.3, 0.4) is 0 Å². The molecule has 0 radical (unpaired) electrons. The summed E-state index contributed by atoms with van der Waals surface area (Å²) in [6.45, 7) is 2.93. The van der Waals surface area contributed by atoms with Gasteiger partial charge in [0.25, 0.3) is 0 Å². The van der Waals surface area contributed by atoms with E-state index in [-0.39, 0.29) is 12.0 Å². The summed E-state index contributed by atoms with van der Waals surface area (Å²) in [7, 11) is 1.59. The number of hydrogen-bond donors (Lipinski definition) is 3. The molecule has 1 aliphatic heterocycles. The number of rotatable bonds is 10. The van der Waals surface area contributed by atoms with E-state index in [0.29, 0.717) is 41.4 Å². The summed E-state index contributed by atoms with van der Waals surface area (Å²) in [6.07, 6.45) is 3.47. The van der Waals surface area contributed by atoms with E-state index >= 15 is 0 Å². The first-order valence-electron chi connectivity index (χ1n) is 12.2. The SMILES string of the molecule is COc1ccc2ncc(Cl)c(C(O)CCC3(CO)CCN(CCNc4cc(F)cc(F)c4)CC3)c2c1. The van der Waals surface area contributed by atoms with Crippen LogP contribution in [0.4, 0.5) is 14.5 Å². The molecule has 36 heavy (non-hydrogen) atoms. The van der Waals surface area contributed by atoms with Crippen LogP contribution in [0, 0.1) is 17.0 Å². The molecule has 4 rings (SSSR count). The van der Waals surface area contributed by atoms with Crippen molar-refractivity contribution in [2.24, 2.45) is 5.41 Å². The van der Waals surface area contributed by atoms with E-state index < -0.39 is 17.7 Å². The summed E-state index contributed by atoms with van der Waals surface area (Å²) in [6, 6.07) is 8.89. The Morgan fingerprint density at radius 3 is 2.56 bits per heavy atom. The van der Waals surface area contributed by atoms with Gasteiger partial charge in [0.2, 0.25) is 0 Å². The van der Waals surface area contributed by atoms with Crippen molar-refractivity contribution in [2.75, 3.05) is 45.2 Å². The second-order valence-electron chi connectivity index (χ2n) is 9.54. The van der Waals surface area contributed by atoms with E-state index in [1.807, 2.05) is 18.2 Å². The summed E-state index contributed by atoms with van der Waals surface area (Å²) in [5, 5.41) is 25.6. The number of fused-ring (bicyclic) bond motifs is 1. The molecule has 194 valence electrons. The zero-order valence-electron chi connectivity index (χ0n) is 20.3. The minimum absolute atomic E-state index is 0.0486. The lowest BCUT2D eigenvalue weighted by atomic mass is 9.74. The number of aliphatic hydroxyl groups excluding tert-OH is 2. The highest BCUT2D eigenvalue weighted by atomic mass is 35.5. The number of halogens is 3. The van der Waals surface area contributed by atoms with Gasteiger partial charge >= 0.3 is 0 Å². The second-order valence-corrected chi connectivity index (χ2v) is 9.95. The number of benzene rings is 2. The molecular formula is C27H32ClF2N3O3. The quantitative estimate of drug-likeness (QED) is 0.343. The molecule has 1 atom stereocenters. The van der Waals surface area contributed by atoms with Gasteiger partial charge in [-0.15, -0.1) is 0 Å². The number of pyridine rings is 1. The maximum Gasteiger partial charge on any atom is 0.128 e. The molecule has 0 bridgehead atoms. The van der Waals surface area contributed by atoms with Crippen LogP contribution in [0.15, 0.2) is 42.6 Å². The van der Waals surface area contributed by atoms with Crippen molar-refractivity contribution in [1.82, 2.24) is 9.88 Å². The lowest BCUT2D eigenvalue weighted by Gasteiger charge is -2.41. The van der Waals surface area contributed by atoms with Crippen LogP contribution in [-0.4, -0.2) is 60.0 Å². The van der Waals surface area contributed by atoms with Gasteiger partial charge in [-0.2, -0.15) is 0 Å². The highest BCUT2D eigenvalue weighted by Crippen LogP contribution is 2.40. The van der Waals surface area contributed by atoms with Gasteiger partial charge < -0.3 is 25.2 Å². The van der Waals surface area contributed by atoms with Crippen LogP contribution in [0.5, 0.6) is 5.75 Å². The van der Waals surface area contributed by atoms with Gasteiger partial charge in [-0.25, -0.2) is 8.78 Å². The van der Waals surface area contributed by atoms with E-state index in [4.69, 9.17) is 16.3 Å². The summed E-state index contributed by atoms with van der Waals surface area (Å²) in [5.41, 5.74) is 1.51. The molecule has 1 aromatic heterocycles. The zero-order chi connectivity index (χ0) is 25.7. The number of aliphatic hydroxyl groups is 2. The molecule has 1 saturated heterocycles. The maximum atomic E-state index is 13.4. The molecule has 2 heterocycles. The van der Waals surface area contributed by atoms with Gasteiger partial charge in [0.05, 0.1) is 23.8 Å². The third-order valence-corrected chi connectivity index (χ3v) is 7.52. The van der Waals surface area contributed by atoms with Crippen molar-refractivity contribution in [3.63, 3.8) is 0 Å². The molecule has 0 spiro atoms. The Bertz CT molecular complexity index is 1170. The third-order valence-electron chi connectivity index (χ3n) is 7.22. The van der Waals surface area contributed by atoms with Crippen LogP contribution in [0.1, 0.15) is 37.4 Å². The summed E-state index contributed by atoms with van der Waals surface area (Å²) < 4.78 is 32.0. The average Bonchev–Trinajstić information content (AvgIpc) is 2.87. The van der Waals surface area contributed by atoms with E-state index in [0.717, 1.165) is 49.4 Å². The monoisotopic (exact) mass is 519 g/mol. The molecule has 0 saturated carbocycles.